The number of nitrogens with zero attached hydrogens (tertiary/aromatic N) is 1. The summed E-state index contributed by atoms with van der Waals surface area (Å²) in [5, 5.41) is 0. The Morgan fingerprint density at radius 1 is 1.37 bits per heavy atom. The van der Waals surface area contributed by atoms with E-state index in [9.17, 15) is 9.59 Å². The largest absolute Gasteiger partial charge is 0.465 e. The van der Waals surface area contributed by atoms with Crippen molar-refractivity contribution in [2.75, 3.05) is 13.2 Å². The van der Waals surface area contributed by atoms with Crippen LogP contribution in [0.25, 0.3) is 0 Å². The molecule has 1 saturated heterocycles. The number of hydrogen-bond acceptors (Lipinski definition) is 4. The van der Waals surface area contributed by atoms with Crippen molar-refractivity contribution in [1.29, 1.82) is 0 Å². The second-order valence-corrected chi connectivity index (χ2v) is 4.74. The van der Waals surface area contributed by atoms with Gasteiger partial charge >= 0.3 is 5.97 Å². The predicted molar refractivity (Wildman–Crippen MR) is 71.5 cm³/mol. The minimum absolute atomic E-state index is 0.191. The summed E-state index contributed by atoms with van der Waals surface area (Å²) in [5.41, 5.74) is 1.10. The standard InChI is InChI=1S/C15H19NO3/c1-2-19-15(18)14-9-8-13(17)11-16(14)10-12-6-4-3-5-7-12/h3-7,14H,2,8-11H2,1H3/t14-/m0/s1. The summed E-state index contributed by atoms with van der Waals surface area (Å²) >= 11 is 0. The molecule has 0 saturated carbocycles. The zero-order chi connectivity index (χ0) is 13.7. The molecule has 0 radical (unpaired) electrons. The highest BCUT2D eigenvalue weighted by molar-refractivity contribution is 5.85. The Morgan fingerprint density at radius 2 is 2.11 bits per heavy atom. The molecule has 0 aromatic heterocycles. The number of ether oxygens (including phenoxy) is 1. The first kappa shape index (κ1) is 13.7. The van der Waals surface area contributed by atoms with E-state index < -0.39 is 0 Å². The van der Waals surface area contributed by atoms with Crippen LogP contribution in [0.5, 0.6) is 0 Å². The Labute approximate surface area is 113 Å². The zero-order valence-electron chi connectivity index (χ0n) is 11.2. The van der Waals surface area contributed by atoms with E-state index in [4.69, 9.17) is 4.74 Å². The Morgan fingerprint density at radius 3 is 2.79 bits per heavy atom. The molecule has 0 spiro atoms. The molecule has 1 atom stereocenters. The number of piperidine rings is 1. The second kappa shape index (κ2) is 6.48. The van der Waals surface area contributed by atoms with Gasteiger partial charge in [0.2, 0.25) is 0 Å². The smallest absolute Gasteiger partial charge is 0.323 e. The van der Waals surface area contributed by atoms with Crippen molar-refractivity contribution in [1.82, 2.24) is 4.90 Å². The van der Waals surface area contributed by atoms with E-state index in [0.29, 0.717) is 32.5 Å². The third-order valence-electron chi connectivity index (χ3n) is 3.30. The van der Waals surface area contributed by atoms with Gasteiger partial charge in [-0.05, 0) is 18.9 Å². The number of Topliss-reactive ketones (excluding diaryl/α,β-unsaturated/α-hetero) is 1. The number of carbonyl (C=O) groups is 2. The van der Waals surface area contributed by atoms with E-state index in [1.54, 1.807) is 6.92 Å². The zero-order valence-corrected chi connectivity index (χ0v) is 11.2. The number of carbonyl (C=O) groups excluding carboxylic acids is 2. The number of hydrogen-bond donors (Lipinski definition) is 0. The second-order valence-electron chi connectivity index (χ2n) is 4.74. The number of ketones is 1. The van der Waals surface area contributed by atoms with Crippen molar-refractivity contribution < 1.29 is 14.3 Å². The van der Waals surface area contributed by atoms with Gasteiger partial charge in [0.15, 0.2) is 0 Å². The summed E-state index contributed by atoms with van der Waals surface area (Å²) in [6.45, 7) is 3.12. The van der Waals surface area contributed by atoms with Gasteiger partial charge in [-0.1, -0.05) is 30.3 Å². The van der Waals surface area contributed by atoms with E-state index in [-0.39, 0.29) is 17.8 Å². The van der Waals surface area contributed by atoms with Crippen molar-refractivity contribution in [3.05, 3.63) is 35.9 Å². The lowest BCUT2D eigenvalue weighted by Gasteiger charge is -2.33. The first-order chi connectivity index (χ1) is 9.20. The SMILES string of the molecule is CCOC(=O)[C@@H]1CCC(=O)CN1Cc1ccccc1. The third kappa shape index (κ3) is 3.64. The maximum Gasteiger partial charge on any atom is 0.323 e. The maximum absolute atomic E-state index is 11.9. The lowest BCUT2D eigenvalue weighted by molar-refractivity contribution is -0.152. The minimum atomic E-state index is -0.294. The van der Waals surface area contributed by atoms with Gasteiger partial charge in [-0.15, -0.1) is 0 Å². The quantitative estimate of drug-likeness (QED) is 0.775. The molecule has 1 fully saturated rings. The van der Waals surface area contributed by atoms with Crippen LogP contribution in [0.2, 0.25) is 0 Å². The minimum Gasteiger partial charge on any atom is -0.465 e. The van der Waals surface area contributed by atoms with Crippen LogP contribution in [-0.4, -0.2) is 35.8 Å². The fourth-order valence-corrected chi connectivity index (χ4v) is 2.39. The lowest BCUT2D eigenvalue weighted by Crippen LogP contribution is -2.48. The fraction of sp³-hybridized carbons (Fsp3) is 0.467. The molecule has 1 aromatic rings. The van der Waals surface area contributed by atoms with Gasteiger partial charge in [-0.3, -0.25) is 14.5 Å². The van der Waals surface area contributed by atoms with Gasteiger partial charge in [-0.2, -0.15) is 0 Å². The number of likely N-dealkylation sites (tertiary alicyclic amines) is 1. The first-order valence-electron chi connectivity index (χ1n) is 6.67. The predicted octanol–water partition coefficient (Wildman–Crippen LogP) is 1.78. The average molecular weight is 261 g/mol. The van der Waals surface area contributed by atoms with Crippen LogP contribution in [0, 0.1) is 0 Å². The van der Waals surface area contributed by atoms with E-state index in [1.807, 2.05) is 35.2 Å². The molecule has 0 amide bonds. The number of esters is 1. The van der Waals surface area contributed by atoms with Crippen molar-refractivity contribution >= 4 is 11.8 Å². The van der Waals surface area contributed by atoms with E-state index in [2.05, 4.69) is 0 Å². The normalized spacial score (nSPS) is 20.3. The topological polar surface area (TPSA) is 46.6 Å². The van der Waals surface area contributed by atoms with Crippen molar-refractivity contribution in [2.24, 2.45) is 0 Å². The van der Waals surface area contributed by atoms with Gasteiger partial charge in [0.05, 0.1) is 13.2 Å². The molecule has 4 nitrogen and oxygen atoms in total. The molecule has 0 N–H and O–H groups in total. The van der Waals surface area contributed by atoms with Gasteiger partial charge in [0.1, 0.15) is 11.8 Å². The van der Waals surface area contributed by atoms with Crippen LogP contribution in [0.3, 0.4) is 0 Å². The van der Waals surface area contributed by atoms with Crippen LogP contribution < -0.4 is 0 Å². The highest BCUT2D eigenvalue weighted by atomic mass is 16.5. The fourth-order valence-electron chi connectivity index (χ4n) is 2.39. The van der Waals surface area contributed by atoms with E-state index in [1.165, 1.54) is 0 Å². The lowest BCUT2D eigenvalue weighted by atomic mass is 10.0. The van der Waals surface area contributed by atoms with Crippen LogP contribution in [0.15, 0.2) is 30.3 Å². The van der Waals surface area contributed by atoms with Crippen LogP contribution in [-0.2, 0) is 20.9 Å². The molecule has 0 bridgehead atoms. The summed E-state index contributed by atoms with van der Waals surface area (Å²) in [5.74, 6) is -0.0255. The molecule has 0 aliphatic carbocycles. The molecule has 1 aliphatic heterocycles. The Bertz CT molecular complexity index is 444. The van der Waals surface area contributed by atoms with Crippen molar-refractivity contribution in [2.45, 2.75) is 32.4 Å². The summed E-state index contributed by atoms with van der Waals surface area (Å²) in [6.07, 6.45) is 1.03. The van der Waals surface area contributed by atoms with E-state index in [0.717, 1.165) is 5.56 Å². The van der Waals surface area contributed by atoms with Gasteiger partial charge < -0.3 is 4.74 Å². The van der Waals surface area contributed by atoms with Gasteiger partial charge in [0, 0.05) is 13.0 Å². The van der Waals surface area contributed by atoms with Crippen LogP contribution >= 0.6 is 0 Å². The monoisotopic (exact) mass is 261 g/mol. The van der Waals surface area contributed by atoms with E-state index >= 15 is 0 Å². The number of rotatable bonds is 4. The summed E-state index contributed by atoms with van der Waals surface area (Å²) in [6, 6.07) is 9.58. The molecular weight excluding hydrogens is 242 g/mol. The molecule has 2 rings (SSSR count). The third-order valence-corrected chi connectivity index (χ3v) is 3.30. The first-order valence-corrected chi connectivity index (χ1v) is 6.67. The Hall–Kier alpha value is -1.68. The van der Waals surface area contributed by atoms with Crippen LogP contribution in [0.4, 0.5) is 0 Å². The Balaban J connectivity index is 2.08. The molecule has 4 heteroatoms. The molecule has 0 unspecified atom stereocenters. The van der Waals surface area contributed by atoms with Gasteiger partial charge in [0.25, 0.3) is 0 Å². The molecular formula is C15H19NO3. The van der Waals surface area contributed by atoms with Crippen molar-refractivity contribution in [3.63, 3.8) is 0 Å². The highest BCUT2D eigenvalue weighted by Crippen LogP contribution is 2.19. The summed E-state index contributed by atoms with van der Waals surface area (Å²) in [7, 11) is 0. The summed E-state index contributed by atoms with van der Waals surface area (Å²) in [4.78, 5) is 25.4. The molecule has 1 heterocycles. The Kier molecular flexibility index (Phi) is 4.68. The molecule has 102 valence electrons. The highest BCUT2D eigenvalue weighted by Gasteiger charge is 2.32. The number of benzene rings is 1. The summed E-state index contributed by atoms with van der Waals surface area (Å²) < 4.78 is 5.09. The molecule has 1 aromatic carbocycles. The maximum atomic E-state index is 11.9. The van der Waals surface area contributed by atoms with Gasteiger partial charge in [-0.25, -0.2) is 0 Å². The molecule has 19 heavy (non-hydrogen) atoms. The average Bonchev–Trinajstić information content (AvgIpc) is 2.40. The van der Waals surface area contributed by atoms with Crippen molar-refractivity contribution in [3.8, 4) is 0 Å². The molecule has 1 aliphatic rings. The van der Waals surface area contributed by atoms with Crippen LogP contribution in [0.1, 0.15) is 25.3 Å².